The molecule has 0 bridgehead atoms. The second-order valence-corrected chi connectivity index (χ2v) is 5.34. The molecule has 1 heterocycles. The summed E-state index contributed by atoms with van der Waals surface area (Å²) in [6.45, 7) is 2.01. The summed E-state index contributed by atoms with van der Waals surface area (Å²) < 4.78 is 10.7. The van der Waals surface area contributed by atoms with Gasteiger partial charge in [0.05, 0.1) is 5.56 Å². The lowest BCUT2D eigenvalue weighted by atomic mass is 10.1. The summed E-state index contributed by atoms with van der Waals surface area (Å²) in [5.74, 6) is 0.153. The van der Waals surface area contributed by atoms with Crippen LogP contribution in [0.2, 0.25) is 0 Å². The fraction of sp³-hybridized carbons (Fsp3) is 0.158. The molecule has 0 radical (unpaired) electrons. The second-order valence-electron chi connectivity index (χ2n) is 5.34. The van der Waals surface area contributed by atoms with Gasteiger partial charge in [-0.05, 0) is 30.7 Å². The van der Waals surface area contributed by atoms with E-state index in [9.17, 15) is 4.79 Å². The van der Waals surface area contributed by atoms with Gasteiger partial charge in [-0.15, -0.1) is 0 Å². The van der Waals surface area contributed by atoms with Gasteiger partial charge < -0.3 is 14.5 Å². The lowest BCUT2D eigenvalue weighted by Gasteiger charge is -2.06. The van der Waals surface area contributed by atoms with Gasteiger partial charge in [0.25, 0.3) is 0 Å². The van der Waals surface area contributed by atoms with Crippen LogP contribution < -0.4 is 4.74 Å². The normalized spacial score (nSPS) is 10.3. The minimum atomic E-state index is -0.389. The van der Waals surface area contributed by atoms with Crippen LogP contribution in [-0.2, 0) is 11.3 Å². The maximum absolute atomic E-state index is 12.5. The quantitative estimate of drug-likeness (QED) is 0.727. The summed E-state index contributed by atoms with van der Waals surface area (Å²) >= 11 is 0. The largest absolute Gasteiger partial charge is 0.479 e. The van der Waals surface area contributed by atoms with E-state index in [-0.39, 0.29) is 19.2 Å². The molecule has 0 aliphatic heterocycles. The van der Waals surface area contributed by atoms with Crippen LogP contribution >= 0.6 is 0 Å². The van der Waals surface area contributed by atoms with Crippen molar-refractivity contribution in [2.75, 3.05) is 6.61 Å². The van der Waals surface area contributed by atoms with E-state index in [0.717, 1.165) is 22.2 Å². The molecule has 0 aliphatic carbocycles. The Balaban J connectivity index is 1.85. The first-order chi connectivity index (χ1) is 11.7. The van der Waals surface area contributed by atoms with Crippen molar-refractivity contribution in [3.8, 4) is 11.8 Å². The highest BCUT2D eigenvalue weighted by Gasteiger charge is 2.18. The van der Waals surface area contributed by atoms with Gasteiger partial charge >= 0.3 is 5.97 Å². The third-order valence-corrected chi connectivity index (χ3v) is 3.68. The predicted octanol–water partition coefficient (Wildman–Crippen LogP) is 3.74. The van der Waals surface area contributed by atoms with Crippen LogP contribution in [0.25, 0.3) is 10.9 Å². The van der Waals surface area contributed by atoms with Gasteiger partial charge in [-0.2, -0.15) is 5.26 Å². The van der Waals surface area contributed by atoms with Gasteiger partial charge in [-0.3, -0.25) is 0 Å². The topological polar surface area (TPSA) is 75.1 Å². The fourth-order valence-electron chi connectivity index (χ4n) is 2.57. The van der Waals surface area contributed by atoms with E-state index in [1.807, 2.05) is 49.4 Å². The van der Waals surface area contributed by atoms with Crippen molar-refractivity contribution in [1.82, 2.24) is 4.98 Å². The molecule has 0 atom stereocenters. The first-order valence-electron chi connectivity index (χ1n) is 7.52. The molecule has 0 aliphatic rings. The van der Waals surface area contributed by atoms with Crippen LogP contribution in [-0.4, -0.2) is 17.6 Å². The van der Waals surface area contributed by atoms with E-state index >= 15 is 0 Å². The number of hydrogen-bond acceptors (Lipinski definition) is 4. The van der Waals surface area contributed by atoms with Crippen molar-refractivity contribution in [2.24, 2.45) is 0 Å². The van der Waals surface area contributed by atoms with Crippen molar-refractivity contribution in [2.45, 2.75) is 13.5 Å². The number of aromatic amines is 1. The SMILES string of the molecule is Cc1[nH]c2ccc(OCC#N)cc2c1C(=O)OCc1ccccc1. The number of fused-ring (bicyclic) bond motifs is 1. The third kappa shape index (κ3) is 3.23. The lowest BCUT2D eigenvalue weighted by molar-refractivity contribution is 0.0474. The number of aromatic nitrogens is 1. The second kappa shape index (κ2) is 6.88. The number of ether oxygens (including phenoxy) is 2. The summed E-state index contributed by atoms with van der Waals surface area (Å²) in [4.78, 5) is 15.7. The minimum absolute atomic E-state index is 0.0390. The van der Waals surface area contributed by atoms with Crippen LogP contribution in [0.3, 0.4) is 0 Å². The summed E-state index contributed by atoms with van der Waals surface area (Å²) in [5, 5.41) is 9.33. The monoisotopic (exact) mass is 320 g/mol. The molecule has 0 saturated heterocycles. The molecule has 1 aromatic heterocycles. The molecular formula is C19H16N2O3. The molecule has 24 heavy (non-hydrogen) atoms. The summed E-state index contributed by atoms with van der Waals surface area (Å²) in [6.07, 6.45) is 0. The Morgan fingerprint density at radius 1 is 1.21 bits per heavy atom. The summed E-state index contributed by atoms with van der Waals surface area (Å²) in [6, 6.07) is 16.8. The van der Waals surface area contributed by atoms with E-state index in [0.29, 0.717) is 11.3 Å². The van der Waals surface area contributed by atoms with E-state index in [2.05, 4.69) is 4.98 Å². The average molecular weight is 320 g/mol. The van der Waals surface area contributed by atoms with Gasteiger partial charge in [0.15, 0.2) is 6.61 Å². The molecule has 0 fully saturated rings. The summed E-state index contributed by atoms with van der Waals surface area (Å²) in [5.41, 5.74) is 2.98. The number of nitriles is 1. The molecule has 0 saturated carbocycles. The highest BCUT2D eigenvalue weighted by Crippen LogP contribution is 2.27. The van der Waals surface area contributed by atoms with Crippen LogP contribution in [0.5, 0.6) is 5.75 Å². The molecule has 3 rings (SSSR count). The summed E-state index contributed by atoms with van der Waals surface area (Å²) in [7, 11) is 0. The maximum atomic E-state index is 12.5. The fourth-order valence-corrected chi connectivity index (χ4v) is 2.57. The van der Waals surface area contributed by atoms with Crippen molar-refractivity contribution >= 4 is 16.9 Å². The van der Waals surface area contributed by atoms with Gasteiger partial charge in [0.1, 0.15) is 18.4 Å². The smallest absolute Gasteiger partial charge is 0.340 e. The number of benzene rings is 2. The number of H-pyrrole nitrogens is 1. The van der Waals surface area contributed by atoms with E-state index in [1.54, 1.807) is 12.1 Å². The molecule has 1 N–H and O–H groups in total. The Bertz CT molecular complexity index is 908. The van der Waals surface area contributed by atoms with Crippen molar-refractivity contribution < 1.29 is 14.3 Å². The van der Waals surface area contributed by atoms with Gasteiger partial charge in [-0.25, -0.2) is 4.79 Å². The molecular weight excluding hydrogens is 304 g/mol. The first kappa shape index (κ1) is 15.6. The molecule has 3 aromatic rings. The van der Waals surface area contributed by atoms with Crippen LogP contribution in [0.4, 0.5) is 0 Å². The average Bonchev–Trinajstić information content (AvgIpc) is 2.94. The molecule has 0 spiro atoms. The van der Waals surface area contributed by atoms with Crippen LogP contribution in [0.1, 0.15) is 21.6 Å². The number of carbonyl (C=O) groups excluding carboxylic acids is 1. The van der Waals surface area contributed by atoms with E-state index in [4.69, 9.17) is 14.7 Å². The number of rotatable bonds is 5. The standard InChI is InChI=1S/C19H16N2O3/c1-13-18(19(22)24-12-14-5-3-2-4-6-14)16-11-15(23-10-9-20)7-8-17(16)21-13/h2-8,11,21H,10,12H2,1H3. The number of hydrogen-bond donors (Lipinski definition) is 1. The van der Waals surface area contributed by atoms with Gasteiger partial charge in [-0.1, -0.05) is 30.3 Å². The zero-order chi connectivity index (χ0) is 16.9. The van der Waals surface area contributed by atoms with Gasteiger partial charge in [0.2, 0.25) is 0 Å². The Labute approximate surface area is 139 Å². The number of aryl methyl sites for hydroxylation is 1. The van der Waals surface area contributed by atoms with Crippen molar-refractivity contribution in [3.63, 3.8) is 0 Å². The number of carbonyl (C=O) groups is 1. The van der Waals surface area contributed by atoms with Crippen LogP contribution in [0, 0.1) is 18.3 Å². The highest BCUT2D eigenvalue weighted by atomic mass is 16.5. The third-order valence-electron chi connectivity index (χ3n) is 3.68. The molecule has 0 amide bonds. The zero-order valence-corrected chi connectivity index (χ0v) is 13.2. The molecule has 120 valence electrons. The molecule has 5 nitrogen and oxygen atoms in total. The Hall–Kier alpha value is -3.26. The van der Waals surface area contributed by atoms with Crippen molar-refractivity contribution in [3.05, 3.63) is 65.4 Å². The van der Waals surface area contributed by atoms with E-state index in [1.165, 1.54) is 0 Å². The molecule has 0 unspecified atom stereocenters. The molecule has 2 aromatic carbocycles. The Morgan fingerprint density at radius 3 is 2.75 bits per heavy atom. The van der Waals surface area contributed by atoms with Crippen molar-refractivity contribution in [1.29, 1.82) is 5.26 Å². The lowest BCUT2D eigenvalue weighted by Crippen LogP contribution is -2.06. The Morgan fingerprint density at radius 2 is 2.00 bits per heavy atom. The van der Waals surface area contributed by atoms with E-state index < -0.39 is 0 Å². The number of nitrogens with zero attached hydrogens (tertiary/aromatic N) is 1. The highest BCUT2D eigenvalue weighted by molar-refractivity contribution is 6.05. The first-order valence-corrected chi connectivity index (χ1v) is 7.52. The van der Waals surface area contributed by atoms with Gasteiger partial charge in [0, 0.05) is 16.6 Å². The zero-order valence-electron chi connectivity index (χ0n) is 13.2. The Kier molecular flexibility index (Phi) is 4.48. The number of nitrogens with one attached hydrogen (secondary N) is 1. The number of esters is 1. The minimum Gasteiger partial charge on any atom is -0.479 e. The maximum Gasteiger partial charge on any atom is 0.340 e. The van der Waals surface area contributed by atoms with Crippen LogP contribution in [0.15, 0.2) is 48.5 Å². The molecule has 5 heteroatoms. The predicted molar refractivity (Wildman–Crippen MR) is 89.7 cm³/mol.